The Balaban J connectivity index is 3.31. The molecule has 0 saturated heterocycles. The number of hydrogen-bond donors (Lipinski definition) is 1. The van der Waals surface area contributed by atoms with Gasteiger partial charge in [0.1, 0.15) is 13.0 Å². The molecule has 0 aliphatic carbocycles. The van der Waals surface area contributed by atoms with Crippen LogP contribution in [0.5, 0.6) is 0 Å². The number of rotatable bonds is 1. The average molecular weight is 315 g/mol. The molecule has 0 spiro atoms. The van der Waals surface area contributed by atoms with Crippen LogP contribution in [-0.4, -0.2) is 8.07 Å². The molecule has 0 bridgehead atoms. The zero-order chi connectivity index (χ0) is 15.2. The standard InChI is InChI=1S/C11H14F5NSSi/c1-19(2,3)7-6-9-4-5-10(8-11(9)17)18(12,13,14,15)16/h4-5,8H,17H2,1-3H3. The van der Waals surface area contributed by atoms with Crippen LogP contribution in [0.15, 0.2) is 23.1 Å². The summed E-state index contributed by atoms with van der Waals surface area (Å²) in [7, 11) is -11.4. The first-order valence-corrected chi connectivity index (χ1v) is 10.7. The molecule has 0 unspecified atom stereocenters. The lowest BCUT2D eigenvalue weighted by atomic mass is 10.2. The highest BCUT2D eigenvalue weighted by Gasteiger charge is 2.65. The SMILES string of the molecule is C[Si](C)(C)C#Cc1ccc(S(F)(F)(F)(F)F)cc1N. The van der Waals surface area contributed by atoms with Gasteiger partial charge in [-0.05, 0) is 18.2 Å². The van der Waals surface area contributed by atoms with E-state index >= 15 is 0 Å². The van der Waals surface area contributed by atoms with Crippen molar-refractivity contribution in [1.29, 1.82) is 0 Å². The van der Waals surface area contributed by atoms with Crippen molar-refractivity contribution >= 4 is 24.0 Å². The summed E-state index contributed by atoms with van der Waals surface area (Å²) in [6, 6.07) is 1.46. The van der Waals surface area contributed by atoms with E-state index in [-0.39, 0.29) is 11.6 Å². The highest BCUT2D eigenvalue weighted by atomic mass is 32.5. The lowest BCUT2D eigenvalue weighted by Gasteiger charge is -2.40. The van der Waals surface area contributed by atoms with Gasteiger partial charge in [0.15, 0.2) is 0 Å². The first-order chi connectivity index (χ1) is 8.08. The molecule has 0 atom stereocenters. The number of nitrogen functional groups attached to an aromatic ring is 1. The van der Waals surface area contributed by atoms with Crippen LogP contribution in [0.25, 0.3) is 0 Å². The monoisotopic (exact) mass is 315 g/mol. The zero-order valence-electron chi connectivity index (χ0n) is 10.6. The normalized spacial score (nSPS) is 16.0. The third-order valence-corrected chi connectivity index (χ3v) is 4.06. The van der Waals surface area contributed by atoms with Crippen molar-refractivity contribution in [2.24, 2.45) is 0 Å². The summed E-state index contributed by atoms with van der Waals surface area (Å²) >= 11 is 0. The fourth-order valence-electron chi connectivity index (χ4n) is 1.15. The largest absolute Gasteiger partial charge is 0.398 e. The van der Waals surface area contributed by atoms with Crippen LogP contribution in [0.3, 0.4) is 0 Å². The van der Waals surface area contributed by atoms with Crippen LogP contribution in [0.4, 0.5) is 25.1 Å². The predicted octanol–water partition coefficient (Wildman–Crippen LogP) is 5.16. The van der Waals surface area contributed by atoms with Gasteiger partial charge in [0, 0.05) is 11.3 Å². The molecule has 1 rings (SSSR count). The third kappa shape index (κ3) is 4.76. The van der Waals surface area contributed by atoms with Crippen molar-refractivity contribution in [2.75, 3.05) is 5.73 Å². The van der Waals surface area contributed by atoms with Gasteiger partial charge in [0.2, 0.25) is 0 Å². The minimum absolute atomic E-state index is 0.132. The summed E-state index contributed by atoms with van der Waals surface area (Å²) in [4.78, 5) is -1.99. The van der Waals surface area contributed by atoms with E-state index in [4.69, 9.17) is 5.73 Å². The second kappa shape index (κ2) is 3.67. The smallest absolute Gasteiger partial charge is 0.310 e. The molecule has 0 aliphatic heterocycles. The maximum atomic E-state index is 12.5. The first kappa shape index (κ1) is 15.9. The van der Waals surface area contributed by atoms with E-state index < -0.39 is 28.9 Å². The van der Waals surface area contributed by atoms with E-state index in [2.05, 4.69) is 11.5 Å². The Kier molecular flexibility index (Phi) is 3.06. The van der Waals surface area contributed by atoms with Crippen LogP contribution in [0, 0.1) is 11.5 Å². The Hall–Kier alpha value is -1.20. The Morgan fingerprint density at radius 1 is 1.05 bits per heavy atom. The van der Waals surface area contributed by atoms with Crippen LogP contribution in [0.1, 0.15) is 5.56 Å². The van der Waals surface area contributed by atoms with Crippen molar-refractivity contribution < 1.29 is 19.4 Å². The maximum Gasteiger partial charge on any atom is 0.310 e. The number of nitrogens with two attached hydrogens (primary N) is 1. The molecule has 0 saturated carbocycles. The van der Waals surface area contributed by atoms with Crippen molar-refractivity contribution in [3.05, 3.63) is 23.8 Å². The molecule has 0 fully saturated rings. The molecule has 1 nitrogen and oxygen atoms in total. The molecule has 0 radical (unpaired) electrons. The Morgan fingerprint density at radius 2 is 1.58 bits per heavy atom. The number of hydrogen-bond acceptors (Lipinski definition) is 1. The van der Waals surface area contributed by atoms with Gasteiger partial charge in [0.25, 0.3) is 0 Å². The van der Waals surface area contributed by atoms with Crippen LogP contribution >= 0.6 is 10.2 Å². The molecule has 2 N–H and O–H groups in total. The third-order valence-electron chi connectivity index (χ3n) is 2.04. The number of halogens is 5. The Morgan fingerprint density at radius 3 is 1.95 bits per heavy atom. The first-order valence-electron chi connectivity index (χ1n) is 5.25. The van der Waals surface area contributed by atoms with Gasteiger partial charge in [-0.25, -0.2) is 0 Å². The van der Waals surface area contributed by atoms with E-state index in [0.717, 1.165) is 6.07 Å². The predicted molar refractivity (Wildman–Crippen MR) is 72.5 cm³/mol. The fourth-order valence-corrected chi connectivity index (χ4v) is 2.33. The summed E-state index contributed by atoms with van der Waals surface area (Å²) in [6.45, 7) is 5.83. The molecule has 0 aliphatic rings. The fraction of sp³-hybridized carbons (Fsp3) is 0.273. The van der Waals surface area contributed by atoms with E-state index in [9.17, 15) is 19.4 Å². The van der Waals surface area contributed by atoms with Gasteiger partial charge < -0.3 is 5.73 Å². The summed E-state index contributed by atoms with van der Waals surface area (Å²) in [5, 5.41) is 0. The van der Waals surface area contributed by atoms with Crippen LogP contribution in [-0.2, 0) is 0 Å². The summed E-state index contributed by atoms with van der Waals surface area (Å²) in [5.74, 6) is 2.64. The lowest BCUT2D eigenvalue weighted by Crippen LogP contribution is -2.16. The van der Waals surface area contributed by atoms with Gasteiger partial charge in [-0.15, -0.1) is 5.54 Å². The minimum Gasteiger partial charge on any atom is -0.398 e. The zero-order valence-corrected chi connectivity index (χ0v) is 12.4. The number of benzene rings is 1. The van der Waals surface area contributed by atoms with E-state index in [1.807, 2.05) is 19.6 Å². The van der Waals surface area contributed by atoms with Crippen molar-refractivity contribution in [1.82, 2.24) is 0 Å². The minimum atomic E-state index is -9.67. The highest BCUT2D eigenvalue weighted by molar-refractivity contribution is 8.45. The summed E-state index contributed by atoms with van der Waals surface area (Å²) in [6.07, 6.45) is 0. The molecular weight excluding hydrogens is 301 g/mol. The van der Waals surface area contributed by atoms with Crippen molar-refractivity contribution in [3.8, 4) is 11.5 Å². The van der Waals surface area contributed by atoms with Gasteiger partial charge in [0.05, 0.1) is 0 Å². The van der Waals surface area contributed by atoms with Gasteiger partial charge in [-0.3, -0.25) is 0 Å². The van der Waals surface area contributed by atoms with Crippen LogP contribution in [0.2, 0.25) is 19.6 Å². The van der Waals surface area contributed by atoms with Crippen molar-refractivity contribution in [2.45, 2.75) is 24.5 Å². The maximum absolute atomic E-state index is 12.5. The lowest BCUT2D eigenvalue weighted by molar-refractivity contribution is 0.364. The molecular formula is C11H14F5NSSi. The topological polar surface area (TPSA) is 26.0 Å². The molecule has 0 amide bonds. The molecule has 19 heavy (non-hydrogen) atoms. The van der Waals surface area contributed by atoms with Crippen molar-refractivity contribution in [3.63, 3.8) is 0 Å². The molecule has 108 valence electrons. The Labute approximate surface area is 109 Å². The molecule has 0 aromatic heterocycles. The van der Waals surface area contributed by atoms with E-state index in [0.29, 0.717) is 6.07 Å². The van der Waals surface area contributed by atoms with Gasteiger partial charge in [-0.2, -0.15) is 0 Å². The van der Waals surface area contributed by atoms with E-state index in [1.54, 1.807) is 0 Å². The summed E-state index contributed by atoms with van der Waals surface area (Å²) in [5.41, 5.74) is 8.01. The quantitative estimate of drug-likeness (QED) is 0.329. The molecule has 0 heterocycles. The Bertz CT molecular complexity index is 577. The second-order valence-corrected chi connectivity index (χ2v) is 12.4. The van der Waals surface area contributed by atoms with E-state index in [1.165, 1.54) is 0 Å². The highest BCUT2D eigenvalue weighted by Crippen LogP contribution is 3.02. The molecule has 8 heteroatoms. The average Bonchev–Trinajstić information content (AvgIpc) is 2.10. The second-order valence-electron chi connectivity index (χ2n) is 5.22. The summed E-state index contributed by atoms with van der Waals surface area (Å²) < 4.78 is 62.7. The van der Waals surface area contributed by atoms with Crippen LogP contribution < -0.4 is 5.73 Å². The molecule has 1 aromatic carbocycles. The van der Waals surface area contributed by atoms with Gasteiger partial charge in [-0.1, -0.05) is 45.0 Å². The van der Waals surface area contributed by atoms with Gasteiger partial charge >= 0.3 is 10.2 Å². The number of anilines is 1. The molecule has 1 aromatic rings.